The van der Waals surface area contributed by atoms with Crippen LogP contribution in [0.2, 0.25) is 0 Å². The fourth-order valence-corrected chi connectivity index (χ4v) is 4.35. The summed E-state index contributed by atoms with van der Waals surface area (Å²) in [7, 11) is 3.27. The first-order chi connectivity index (χ1) is 21.4. The van der Waals surface area contributed by atoms with Gasteiger partial charge >= 0.3 is 7.12 Å². The van der Waals surface area contributed by atoms with Crippen molar-refractivity contribution in [3.8, 4) is 34.6 Å². The van der Waals surface area contributed by atoms with Crippen LogP contribution in [-0.4, -0.2) is 43.5 Å². The summed E-state index contributed by atoms with van der Waals surface area (Å²) in [5.41, 5.74) is 3.63. The van der Waals surface area contributed by atoms with Gasteiger partial charge in [-0.05, 0) is 78.9 Å². The van der Waals surface area contributed by atoms with Gasteiger partial charge in [0, 0.05) is 34.1 Å². The van der Waals surface area contributed by atoms with Gasteiger partial charge in [0.25, 0.3) is 0 Å². The number of hydrogen-bond acceptors (Lipinski definition) is 10. The highest BCUT2D eigenvalue weighted by Gasteiger charge is 2.17. The quantitative estimate of drug-likeness (QED) is 0.231. The molecule has 0 aliphatic heterocycles. The van der Waals surface area contributed by atoms with E-state index in [4.69, 9.17) is 42.8 Å². The number of rotatable bonds is 5. The lowest BCUT2D eigenvalue weighted by Gasteiger charge is -1.97. The van der Waals surface area contributed by atoms with E-state index in [9.17, 15) is 0 Å². The maximum Gasteiger partial charge on any atom is 0.526 e. The van der Waals surface area contributed by atoms with Gasteiger partial charge in [0.2, 0.25) is 0 Å². The fraction of sp³-hybridized carbons (Fsp3) is 0.0909. The molecular weight excluding hydrogens is 563 g/mol. The lowest BCUT2D eigenvalue weighted by Crippen LogP contribution is -2.27. The number of nitriles is 1. The normalized spacial score (nSPS) is 10.4. The van der Waals surface area contributed by atoms with Crippen molar-refractivity contribution >= 4 is 45.7 Å². The van der Waals surface area contributed by atoms with Gasteiger partial charge in [-0.2, -0.15) is 5.26 Å². The molecule has 0 spiro atoms. The molecule has 44 heavy (non-hydrogen) atoms. The summed E-state index contributed by atoms with van der Waals surface area (Å²) < 4.78 is 31.4. The number of ether oxygens (including phenoxy) is 3. The summed E-state index contributed by atoms with van der Waals surface area (Å²) in [6.07, 6.45) is 4.84. The zero-order chi connectivity index (χ0) is 31.1. The molecular formula is C33H27BN2O8. The maximum atomic E-state index is 9.09. The Labute approximate surface area is 252 Å². The standard InChI is InChI=1S/C15H10N2O2.C9H9BO4.C9H8O2/c1-18-12-2-3-14-10(6-12)7-15(19-14)13-4-5-17-9-11(13)8-16;1-13-7-2-3-8-6(4-7)5-9(14-8)10(11)12;1-10-8-2-3-9-7(6-8)4-5-11-9/h2-7,9H,1H3;2-5,11-12H,1H3;2-6H,1H3. The first kappa shape index (κ1) is 29.8. The molecule has 220 valence electrons. The first-order valence-electron chi connectivity index (χ1n) is 13.3. The van der Waals surface area contributed by atoms with Crippen molar-refractivity contribution in [1.82, 2.24) is 4.98 Å². The van der Waals surface area contributed by atoms with Gasteiger partial charge in [0.05, 0.1) is 33.2 Å². The van der Waals surface area contributed by atoms with E-state index in [-0.39, 0.29) is 5.66 Å². The molecule has 4 aromatic heterocycles. The summed E-state index contributed by atoms with van der Waals surface area (Å²) in [6.45, 7) is 0. The highest BCUT2D eigenvalue weighted by molar-refractivity contribution is 6.57. The SMILES string of the molecule is COc1ccc2oc(-c3ccncc3C#N)cc2c1.COc1ccc2oc(B(O)O)cc2c1.COc1ccc2occc2c1. The molecule has 7 aromatic rings. The minimum absolute atomic E-state index is 0.133. The van der Waals surface area contributed by atoms with E-state index >= 15 is 0 Å². The fourth-order valence-electron chi connectivity index (χ4n) is 4.35. The van der Waals surface area contributed by atoms with Crippen LogP contribution in [0, 0.1) is 11.3 Å². The monoisotopic (exact) mass is 590 g/mol. The highest BCUT2D eigenvalue weighted by atomic mass is 16.5. The van der Waals surface area contributed by atoms with Crippen molar-refractivity contribution in [2.75, 3.05) is 21.3 Å². The van der Waals surface area contributed by atoms with Gasteiger partial charge < -0.3 is 37.5 Å². The summed E-state index contributed by atoms with van der Waals surface area (Å²) in [5, 5.41) is 29.6. The van der Waals surface area contributed by atoms with Crippen LogP contribution in [0.3, 0.4) is 0 Å². The van der Waals surface area contributed by atoms with Crippen molar-refractivity contribution in [1.29, 1.82) is 5.26 Å². The summed E-state index contributed by atoms with van der Waals surface area (Å²) >= 11 is 0. The second-order valence-corrected chi connectivity index (χ2v) is 9.30. The maximum absolute atomic E-state index is 9.09. The Kier molecular flexibility index (Phi) is 9.15. The van der Waals surface area contributed by atoms with Crippen LogP contribution >= 0.6 is 0 Å². The van der Waals surface area contributed by atoms with Crippen LogP contribution in [0.4, 0.5) is 0 Å². The Hall–Kier alpha value is -5.70. The van der Waals surface area contributed by atoms with Crippen LogP contribution in [0.25, 0.3) is 44.2 Å². The number of nitrogens with zero attached hydrogens (tertiary/aromatic N) is 2. The Morgan fingerprint density at radius 1 is 0.705 bits per heavy atom. The van der Waals surface area contributed by atoms with Crippen LogP contribution in [0.15, 0.2) is 111 Å². The smallest absolute Gasteiger partial charge is 0.497 e. The molecule has 0 saturated carbocycles. The third-order valence-corrected chi connectivity index (χ3v) is 6.59. The Bertz CT molecular complexity index is 2050. The Morgan fingerprint density at radius 2 is 1.30 bits per heavy atom. The summed E-state index contributed by atoms with van der Waals surface area (Å²) in [5.74, 6) is 2.99. The predicted molar refractivity (Wildman–Crippen MR) is 166 cm³/mol. The van der Waals surface area contributed by atoms with Gasteiger partial charge in [0.15, 0.2) is 0 Å². The lowest BCUT2D eigenvalue weighted by molar-refractivity contribution is 0.412. The van der Waals surface area contributed by atoms with Gasteiger partial charge in [0.1, 0.15) is 51.5 Å². The van der Waals surface area contributed by atoms with Gasteiger partial charge in [-0.25, -0.2) is 0 Å². The molecule has 0 unspecified atom stereocenters. The molecule has 10 nitrogen and oxygen atoms in total. The molecule has 2 N–H and O–H groups in total. The molecule has 0 amide bonds. The van der Waals surface area contributed by atoms with Crippen LogP contribution < -0.4 is 19.9 Å². The zero-order valence-electron chi connectivity index (χ0n) is 24.1. The van der Waals surface area contributed by atoms with E-state index in [1.165, 1.54) is 6.20 Å². The van der Waals surface area contributed by atoms with E-state index in [1.54, 1.807) is 64.1 Å². The average Bonchev–Trinajstić information content (AvgIpc) is 3.82. The van der Waals surface area contributed by atoms with E-state index < -0.39 is 7.12 Å². The Morgan fingerprint density at radius 3 is 1.91 bits per heavy atom. The topological polar surface area (TPSA) is 144 Å². The molecule has 3 aromatic carbocycles. The van der Waals surface area contributed by atoms with Gasteiger partial charge in [-0.3, -0.25) is 4.98 Å². The molecule has 0 aliphatic rings. The van der Waals surface area contributed by atoms with Crippen molar-refractivity contribution in [3.63, 3.8) is 0 Å². The minimum Gasteiger partial charge on any atom is -0.497 e. The number of furan rings is 3. The van der Waals surface area contributed by atoms with E-state index in [1.807, 2.05) is 48.5 Å². The van der Waals surface area contributed by atoms with Crippen molar-refractivity contribution < 1.29 is 37.5 Å². The summed E-state index contributed by atoms with van der Waals surface area (Å²) in [4.78, 5) is 3.94. The second-order valence-electron chi connectivity index (χ2n) is 9.30. The molecule has 11 heteroatoms. The molecule has 0 radical (unpaired) electrons. The third-order valence-electron chi connectivity index (χ3n) is 6.59. The van der Waals surface area contributed by atoms with Crippen molar-refractivity contribution in [2.45, 2.75) is 0 Å². The van der Waals surface area contributed by atoms with E-state index in [0.29, 0.717) is 22.7 Å². The molecule has 0 fully saturated rings. The molecule has 4 heterocycles. The molecule has 0 aliphatic carbocycles. The second kappa shape index (κ2) is 13.5. The largest absolute Gasteiger partial charge is 0.526 e. The first-order valence-corrected chi connectivity index (χ1v) is 13.3. The molecule has 0 atom stereocenters. The van der Waals surface area contributed by atoms with Gasteiger partial charge in [-0.1, -0.05) is 0 Å². The molecule has 0 bridgehead atoms. The lowest BCUT2D eigenvalue weighted by atomic mass is 9.88. The van der Waals surface area contributed by atoms with Crippen molar-refractivity contribution in [2.24, 2.45) is 0 Å². The summed E-state index contributed by atoms with van der Waals surface area (Å²) in [6, 6.07) is 25.8. The minimum atomic E-state index is -1.58. The molecule has 7 rings (SSSR count). The number of methoxy groups -OCH3 is 3. The van der Waals surface area contributed by atoms with E-state index in [2.05, 4.69) is 11.1 Å². The number of hydrogen-bond donors (Lipinski definition) is 2. The highest BCUT2D eigenvalue weighted by Crippen LogP contribution is 2.31. The average molecular weight is 590 g/mol. The van der Waals surface area contributed by atoms with Crippen molar-refractivity contribution in [3.05, 3.63) is 103 Å². The molecule has 0 saturated heterocycles. The van der Waals surface area contributed by atoms with Crippen LogP contribution in [0.1, 0.15) is 5.56 Å². The van der Waals surface area contributed by atoms with E-state index in [0.717, 1.165) is 44.4 Å². The predicted octanol–water partition coefficient (Wildman–Crippen LogP) is 5.94. The number of aromatic nitrogens is 1. The van der Waals surface area contributed by atoms with Crippen LogP contribution in [0.5, 0.6) is 17.2 Å². The number of pyridine rings is 1. The van der Waals surface area contributed by atoms with Crippen LogP contribution in [-0.2, 0) is 0 Å². The number of fused-ring (bicyclic) bond motifs is 3. The number of benzene rings is 3. The zero-order valence-corrected chi connectivity index (χ0v) is 24.1. The Balaban J connectivity index is 0.000000136. The third kappa shape index (κ3) is 6.68. The van der Waals surface area contributed by atoms with Gasteiger partial charge in [-0.15, -0.1) is 0 Å².